The molecular weight excluding hydrogens is 787 g/mol. The first-order valence-corrected chi connectivity index (χ1v) is 22.0. The normalized spacial score (nSPS) is 21.7. The van der Waals surface area contributed by atoms with Crippen molar-refractivity contribution in [3.8, 4) is 22.8 Å². The molecule has 1 N–H and O–H groups in total. The van der Waals surface area contributed by atoms with Gasteiger partial charge in [0.2, 0.25) is 21.8 Å². The fourth-order valence-electron chi connectivity index (χ4n) is 7.92. The number of carbonyl (C=O) groups excluding carboxylic acids is 5. The average molecular weight is 842 g/mol. The first-order valence-electron chi connectivity index (χ1n) is 20.4. The summed E-state index contributed by atoms with van der Waals surface area (Å²) in [5.74, 6) is -3.01. The molecule has 0 spiro atoms. The van der Waals surface area contributed by atoms with Gasteiger partial charge < -0.3 is 19.1 Å². The van der Waals surface area contributed by atoms with Crippen LogP contribution in [-0.4, -0.2) is 84.3 Å². The highest BCUT2D eigenvalue weighted by atomic mass is 32.2. The number of nitrogens with one attached hydrogen (secondary N) is 1. The summed E-state index contributed by atoms with van der Waals surface area (Å²) in [4.78, 5) is 75.6. The number of sulfonamides is 1. The number of hydrogen-bond donors (Lipinski definition) is 1. The van der Waals surface area contributed by atoms with Crippen molar-refractivity contribution in [2.24, 2.45) is 17.3 Å². The molecular formula is C46H55N3O10S. The quantitative estimate of drug-likeness (QED) is 0.0822. The highest BCUT2D eigenvalue weighted by Crippen LogP contribution is 2.57. The SMILES string of the molecule is C=C[C@@H]1C[C@]1(CC(=O)[C@@H]1CC(Oc2cc(-c3ccccc3)nc3cc(OC)ccc23)CN1C(=O)[C@H](CCC(=O)C=C(C)C)CC(=O)OC(C)(C)C)C(=O)NS(=O)(=O)C1CC1. The third kappa shape index (κ3) is 10.5. The zero-order valence-corrected chi connectivity index (χ0v) is 36.0. The van der Waals surface area contributed by atoms with E-state index in [1.165, 1.54) is 11.0 Å². The molecule has 2 aliphatic carbocycles. The molecule has 0 bridgehead atoms. The van der Waals surface area contributed by atoms with Crippen LogP contribution in [0.15, 0.2) is 78.9 Å². The molecule has 1 unspecified atom stereocenters. The second-order valence-corrected chi connectivity index (χ2v) is 19.4. The van der Waals surface area contributed by atoms with E-state index in [0.717, 1.165) is 11.1 Å². The van der Waals surface area contributed by atoms with Crippen molar-refractivity contribution >= 4 is 50.3 Å². The molecule has 0 radical (unpaired) electrons. The summed E-state index contributed by atoms with van der Waals surface area (Å²) in [7, 11) is -2.34. The highest BCUT2D eigenvalue weighted by molar-refractivity contribution is 7.90. The fourth-order valence-corrected chi connectivity index (χ4v) is 9.30. The van der Waals surface area contributed by atoms with Crippen molar-refractivity contribution in [2.45, 2.75) is 109 Å². The number of methoxy groups -OCH3 is 1. The van der Waals surface area contributed by atoms with Gasteiger partial charge in [-0.25, -0.2) is 13.4 Å². The van der Waals surface area contributed by atoms with E-state index < -0.39 is 73.8 Å². The minimum absolute atomic E-state index is 0.0186. The van der Waals surface area contributed by atoms with Gasteiger partial charge in [0.25, 0.3) is 0 Å². The maximum Gasteiger partial charge on any atom is 0.307 e. The molecule has 2 heterocycles. The van der Waals surface area contributed by atoms with Gasteiger partial charge in [0, 0.05) is 48.3 Å². The Morgan fingerprint density at radius 1 is 1.05 bits per heavy atom. The second-order valence-electron chi connectivity index (χ2n) is 17.5. The monoisotopic (exact) mass is 841 g/mol. The Morgan fingerprint density at radius 3 is 2.38 bits per heavy atom. The Balaban J connectivity index is 1.35. The van der Waals surface area contributed by atoms with E-state index in [0.29, 0.717) is 40.9 Å². The van der Waals surface area contributed by atoms with Crippen LogP contribution >= 0.6 is 0 Å². The number of hydrogen-bond acceptors (Lipinski definition) is 11. The Morgan fingerprint density at radius 2 is 1.77 bits per heavy atom. The van der Waals surface area contributed by atoms with Crippen LogP contribution in [0.25, 0.3) is 22.2 Å². The van der Waals surface area contributed by atoms with Crippen LogP contribution < -0.4 is 14.2 Å². The van der Waals surface area contributed by atoms with Crippen LogP contribution in [0.2, 0.25) is 0 Å². The van der Waals surface area contributed by atoms with Gasteiger partial charge in [-0.15, -0.1) is 6.58 Å². The van der Waals surface area contributed by atoms with Crippen LogP contribution in [0.4, 0.5) is 0 Å². The molecule has 2 amide bonds. The molecule has 3 fully saturated rings. The number of likely N-dealkylation sites (tertiary alicyclic amines) is 1. The van der Waals surface area contributed by atoms with E-state index in [2.05, 4.69) is 11.3 Å². The largest absolute Gasteiger partial charge is 0.497 e. The number of ketones is 2. The minimum Gasteiger partial charge on any atom is -0.497 e. The molecule has 320 valence electrons. The number of ether oxygens (including phenoxy) is 3. The molecule has 3 aliphatic rings. The number of Topliss-reactive ketones (excluding diaryl/α,β-unsaturated/α-hetero) is 1. The van der Waals surface area contributed by atoms with E-state index in [1.54, 1.807) is 59.9 Å². The molecule has 1 saturated heterocycles. The number of pyridine rings is 1. The molecule has 2 aromatic carbocycles. The van der Waals surface area contributed by atoms with Gasteiger partial charge in [-0.05, 0) is 84.4 Å². The first-order chi connectivity index (χ1) is 28.3. The van der Waals surface area contributed by atoms with E-state index in [-0.39, 0.29) is 50.9 Å². The van der Waals surface area contributed by atoms with E-state index in [4.69, 9.17) is 19.2 Å². The van der Waals surface area contributed by atoms with Crippen LogP contribution in [0, 0.1) is 17.3 Å². The van der Waals surface area contributed by atoms with E-state index in [9.17, 15) is 32.4 Å². The third-order valence-corrected chi connectivity index (χ3v) is 13.0. The first kappa shape index (κ1) is 44.2. The lowest BCUT2D eigenvalue weighted by atomic mass is 9.90. The topological polar surface area (TPSA) is 175 Å². The minimum atomic E-state index is -3.90. The Labute approximate surface area is 352 Å². The number of nitrogens with zero attached hydrogens (tertiary/aromatic N) is 2. The molecule has 5 atom stereocenters. The molecule has 13 nitrogen and oxygen atoms in total. The zero-order chi connectivity index (χ0) is 43.6. The van der Waals surface area contributed by atoms with Crippen molar-refractivity contribution in [3.63, 3.8) is 0 Å². The number of amides is 2. The number of esters is 1. The predicted molar refractivity (Wildman–Crippen MR) is 226 cm³/mol. The van der Waals surface area contributed by atoms with Gasteiger partial charge in [-0.2, -0.15) is 0 Å². The lowest BCUT2D eigenvalue weighted by molar-refractivity contribution is -0.159. The standard InChI is InChI=1S/C46H55N3O10S/c1-8-31-25-46(31,44(54)48-60(55,56)35-17-18-35)26-40(51)39-23-34(27-49(39)43(53)30(14-15-32(50)20-28(2)3)21-42(52)59-45(4,5)6)58-41-24-37(29-12-10-9-11-13-29)47-38-22-33(57-7)16-19-36(38)41/h8-13,16,19-20,22,24,30-31,34-35,39H,1,14-15,17-18,21,23,25-27H2,2-7H3,(H,48,54)/t30-,31-,34?,39+,46-/m1/s1. The Bertz CT molecular complexity index is 2310. The summed E-state index contributed by atoms with van der Waals surface area (Å²) in [6.07, 6.45) is 2.79. The molecule has 14 heteroatoms. The zero-order valence-electron chi connectivity index (χ0n) is 35.2. The van der Waals surface area contributed by atoms with Crippen molar-refractivity contribution in [1.82, 2.24) is 14.6 Å². The molecule has 1 aliphatic heterocycles. The lowest BCUT2D eigenvalue weighted by Gasteiger charge is -2.29. The van der Waals surface area contributed by atoms with E-state index >= 15 is 0 Å². The maximum absolute atomic E-state index is 14.8. The summed E-state index contributed by atoms with van der Waals surface area (Å²) in [6, 6.07) is 15.7. The van der Waals surface area contributed by atoms with Gasteiger partial charge in [0.15, 0.2) is 11.6 Å². The fraction of sp³-hybridized carbons (Fsp3) is 0.478. The van der Waals surface area contributed by atoms with Crippen molar-refractivity contribution in [2.75, 3.05) is 13.7 Å². The average Bonchev–Trinajstić information content (AvgIpc) is 4.12. The highest BCUT2D eigenvalue weighted by Gasteiger charge is 2.61. The number of allylic oxidation sites excluding steroid dienone is 3. The Kier molecular flexibility index (Phi) is 13.0. The third-order valence-electron chi connectivity index (χ3n) is 11.2. The molecule has 3 aromatic rings. The van der Waals surface area contributed by atoms with Gasteiger partial charge in [0.1, 0.15) is 23.2 Å². The smallest absolute Gasteiger partial charge is 0.307 e. The lowest BCUT2D eigenvalue weighted by Crippen LogP contribution is -2.46. The number of rotatable bonds is 18. The number of fused-ring (bicyclic) bond motifs is 1. The molecule has 6 rings (SSSR count). The molecule has 1 aromatic heterocycles. The van der Waals surface area contributed by atoms with Gasteiger partial charge in [-0.3, -0.25) is 28.7 Å². The van der Waals surface area contributed by atoms with Crippen LogP contribution in [0.5, 0.6) is 11.5 Å². The summed E-state index contributed by atoms with van der Waals surface area (Å²) in [5.41, 5.74) is 0.662. The summed E-state index contributed by atoms with van der Waals surface area (Å²) < 4.78 is 45.7. The van der Waals surface area contributed by atoms with Crippen molar-refractivity contribution in [3.05, 3.63) is 78.9 Å². The van der Waals surface area contributed by atoms with Crippen molar-refractivity contribution in [1.29, 1.82) is 0 Å². The maximum atomic E-state index is 14.8. The molecule has 60 heavy (non-hydrogen) atoms. The predicted octanol–water partition coefficient (Wildman–Crippen LogP) is 6.68. The number of benzene rings is 2. The number of carbonyl (C=O) groups is 5. The summed E-state index contributed by atoms with van der Waals surface area (Å²) in [5, 5.41) is 0.0253. The van der Waals surface area contributed by atoms with Crippen LogP contribution in [-0.2, 0) is 38.7 Å². The summed E-state index contributed by atoms with van der Waals surface area (Å²) >= 11 is 0. The van der Waals surface area contributed by atoms with Crippen molar-refractivity contribution < 1.29 is 46.6 Å². The second kappa shape index (κ2) is 17.7. The van der Waals surface area contributed by atoms with Gasteiger partial charge in [-0.1, -0.05) is 42.0 Å². The summed E-state index contributed by atoms with van der Waals surface area (Å²) in [6.45, 7) is 12.5. The number of aromatic nitrogens is 1. The van der Waals surface area contributed by atoms with E-state index in [1.807, 2.05) is 42.5 Å². The van der Waals surface area contributed by atoms with Gasteiger partial charge in [0.05, 0.1) is 48.0 Å². The molecule has 2 saturated carbocycles. The van der Waals surface area contributed by atoms with Gasteiger partial charge >= 0.3 is 5.97 Å². The van der Waals surface area contributed by atoms with Crippen LogP contribution in [0.3, 0.4) is 0 Å². The Hall–Kier alpha value is -5.37. The van der Waals surface area contributed by atoms with Crippen LogP contribution in [0.1, 0.15) is 86.0 Å².